The molecule has 0 aliphatic heterocycles. The molecule has 6 nitrogen and oxygen atoms in total. The number of nitrogens with zero attached hydrogens (tertiary/aromatic N) is 1. The molecule has 1 aromatic carbocycles. The van der Waals surface area contributed by atoms with E-state index in [1.165, 1.54) is 0 Å². The lowest BCUT2D eigenvalue weighted by atomic mass is 9.78. The average Bonchev–Trinajstić information content (AvgIpc) is 2.74. The zero-order chi connectivity index (χ0) is 19.8. The molecule has 29 heavy (non-hydrogen) atoms. The lowest BCUT2D eigenvalue weighted by molar-refractivity contribution is -0.121. The number of carbonyl (C=O) groups is 2. The van der Waals surface area contributed by atoms with Gasteiger partial charge in [0, 0.05) is 30.0 Å². The van der Waals surface area contributed by atoms with Crippen LogP contribution in [0.5, 0.6) is 0 Å². The molecule has 1 aromatic heterocycles. The van der Waals surface area contributed by atoms with Gasteiger partial charge >= 0.3 is 6.09 Å². The van der Waals surface area contributed by atoms with E-state index in [2.05, 4.69) is 15.6 Å². The van der Waals surface area contributed by atoms with Crippen molar-refractivity contribution in [1.29, 1.82) is 0 Å². The summed E-state index contributed by atoms with van der Waals surface area (Å²) in [5.41, 5.74) is 1.74. The molecule has 7 heteroatoms. The van der Waals surface area contributed by atoms with Gasteiger partial charge in [-0.05, 0) is 56.2 Å². The van der Waals surface area contributed by atoms with Crippen LogP contribution in [0.25, 0.3) is 0 Å². The first-order valence-corrected chi connectivity index (χ1v) is 9.80. The molecule has 0 bridgehead atoms. The third-order valence-corrected chi connectivity index (χ3v) is 5.36. The minimum absolute atomic E-state index is 0. The first-order chi connectivity index (χ1) is 13.6. The maximum absolute atomic E-state index is 12.4. The number of carbonyl (C=O) groups excluding carboxylic acids is 2. The molecular formula is C22H28ClN3O3. The number of rotatable bonds is 6. The zero-order valence-electron chi connectivity index (χ0n) is 16.5. The summed E-state index contributed by atoms with van der Waals surface area (Å²) in [6.07, 6.45) is 6.41. The predicted octanol–water partition coefficient (Wildman–Crippen LogP) is 4.56. The molecule has 156 valence electrons. The van der Waals surface area contributed by atoms with E-state index in [1.807, 2.05) is 37.3 Å². The van der Waals surface area contributed by atoms with Crippen LogP contribution in [0.1, 0.15) is 38.2 Å². The summed E-state index contributed by atoms with van der Waals surface area (Å²) in [6, 6.07) is 13.2. The Morgan fingerprint density at radius 2 is 1.72 bits per heavy atom. The van der Waals surface area contributed by atoms with E-state index >= 15 is 0 Å². The molecule has 2 amide bonds. The Labute approximate surface area is 177 Å². The number of ether oxygens (including phenoxy) is 1. The van der Waals surface area contributed by atoms with Gasteiger partial charge in [-0.1, -0.05) is 30.3 Å². The number of amides is 2. The second-order valence-corrected chi connectivity index (χ2v) is 7.33. The maximum Gasteiger partial charge on any atom is 0.407 e. The van der Waals surface area contributed by atoms with E-state index in [-0.39, 0.29) is 36.9 Å². The molecule has 1 atom stereocenters. The van der Waals surface area contributed by atoms with E-state index in [0.29, 0.717) is 5.92 Å². The average molecular weight is 418 g/mol. The lowest BCUT2D eigenvalue weighted by Gasteiger charge is -2.31. The normalized spacial score (nSPS) is 19.3. The second-order valence-electron chi connectivity index (χ2n) is 7.33. The molecule has 0 saturated heterocycles. The van der Waals surface area contributed by atoms with Gasteiger partial charge in [0.1, 0.15) is 6.61 Å². The zero-order valence-corrected chi connectivity index (χ0v) is 17.4. The van der Waals surface area contributed by atoms with Gasteiger partial charge in [-0.2, -0.15) is 0 Å². The van der Waals surface area contributed by atoms with Gasteiger partial charge in [-0.3, -0.25) is 9.78 Å². The standard InChI is InChI=1S/C22H27N3O3.ClH/c1-16(24-22(27)28-15-17-5-3-2-4-6-17)18-7-9-19(10-8-18)21(26)25-20-11-13-23-14-12-20;/h2-6,11-14,16,18-19H,7-10,15H2,1H3,(H,24,27)(H,23,25,26);1H. The van der Waals surface area contributed by atoms with Crippen molar-refractivity contribution in [3.05, 3.63) is 60.4 Å². The van der Waals surface area contributed by atoms with Gasteiger partial charge in [0.15, 0.2) is 0 Å². The molecule has 0 radical (unpaired) electrons. The van der Waals surface area contributed by atoms with Crippen molar-refractivity contribution in [2.75, 3.05) is 5.32 Å². The first kappa shape index (κ1) is 22.7. The summed E-state index contributed by atoms with van der Waals surface area (Å²) in [5, 5.41) is 5.89. The minimum atomic E-state index is -0.395. The Bertz CT molecular complexity index is 765. The monoisotopic (exact) mass is 417 g/mol. The summed E-state index contributed by atoms with van der Waals surface area (Å²) in [5.74, 6) is 0.434. The van der Waals surface area contributed by atoms with Crippen molar-refractivity contribution in [2.24, 2.45) is 11.8 Å². The second kappa shape index (κ2) is 11.4. The fourth-order valence-electron chi connectivity index (χ4n) is 3.63. The van der Waals surface area contributed by atoms with Gasteiger partial charge in [0.2, 0.25) is 5.91 Å². The number of alkyl carbamates (subject to hydrolysis) is 1. The molecule has 1 heterocycles. The van der Waals surface area contributed by atoms with Crippen LogP contribution in [0.15, 0.2) is 54.9 Å². The molecule has 2 aromatic rings. The van der Waals surface area contributed by atoms with Crippen molar-refractivity contribution in [2.45, 2.75) is 45.3 Å². The van der Waals surface area contributed by atoms with Crippen LogP contribution in [-0.2, 0) is 16.1 Å². The lowest BCUT2D eigenvalue weighted by Crippen LogP contribution is -2.40. The number of aromatic nitrogens is 1. The van der Waals surface area contributed by atoms with Crippen molar-refractivity contribution in [3.63, 3.8) is 0 Å². The summed E-state index contributed by atoms with van der Waals surface area (Å²) >= 11 is 0. The van der Waals surface area contributed by atoms with Gasteiger partial charge in [-0.25, -0.2) is 4.79 Å². The SMILES string of the molecule is CC(NC(=O)OCc1ccccc1)C1CCC(C(=O)Nc2ccncc2)CC1.Cl. The Hall–Kier alpha value is -2.60. The quantitative estimate of drug-likeness (QED) is 0.721. The molecule has 1 unspecified atom stereocenters. The Kier molecular flexibility index (Phi) is 8.93. The van der Waals surface area contributed by atoms with Crippen LogP contribution in [0.3, 0.4) is 0 Å². The minimum Gasteiger partial charge on any atom is -0.445 e. The highest BCUT2D eigenvalue weighted by Crippen LogP contribution is 2.31. The molecule has 1 saturated carbocycles. The molecule has 2 N–H and O–H groups in total. The number of benzene rings is 1. The molecule has 3 rings (SSSR count). The Balaban J connectivity index is 0.00000300. The highest BCUT2D eigenvalue weighted by molar-refractivity contribution is 5.92. The summed E-state index contributed by atoms with van der Waals surface area (Å²) in [6.45, 7) is 2.27. The topological polar surface area (TPSA) is 80.3 Å². The van der Waals surface area contributed by atoms with Crippen LogP contribution in [0, 0.1) is 11.8 Å². The Morgan fingerprint density at radius 3 is 2.38 bits per heavy atom. The highest BCUT2D eigenvalue weighted by atomic mass is 35.5. The number of anilines is 1. The van der Waals surface area contributed by atoms with Gasteiger partial charge < -0.3 is 15.4 Å². The highest BCUT2D eigenvalue weighted by Gasteiger charge is 2.29. The maximum atomic E-state index is 12.4. The van der Waals surface area contributed by atoms with Gasteiger partial charge in [0.05, 0.1) is 0 Å². The number of hydrogen-bond donors (Lipinski definition) is 2. The first-order valence-electron chi connectivity index (χ1n) is 9.80. The fourth-order valence-corrected chi connectivity index (χ4v) is 3.63. The van der Waals surface area contributed by atoms with Crippen LogP contribution < -0.4 is 10.6 Å². The third-order valence-electron chi connectivity index (χ3n) is 5.36. The number of hydrogen-bond acceptors (Lipinski definition) is 4. The Morgan fingerprint density at radius 1 is 1.07 bits per heavy atom. The molecule has 1 aliphatic rings. The molecule has 1 fully saturated rings. The van der Waals surface area contributed by atoms with E-state index in [0.717, 1.165) is 36.9 Å². The van der Waals surface area contributed by atoms with Crippen molar-refractivity contribution in [3.8, 4) is 0 Å². The van der Waals surface area contributed by atoms with Crippen LogP contribution in [0.4, 0.5) is 10.5 Å². The number of nitrogens with one attached hydrogen (secondary N) is 2. The summed E-state index contributed by atoms with van der Waals surface area (Å²) < 4.78 is 5.30. The van der Waals surface area contributed by atoms with E-state index < -0.39 is 6.09 Å². The van der Waals surface area contributed by atoms with Crippen LogP contribution in [-0.4, -0.2) is 23.0 Å². The van der Waals surface area contributed by atoms with Crippen LogP contribution in [0.2, 0.25) is 0 Å². The largest absolute Gasteiger partial charge is 0.445 e. The fraction of sp³-hybridized carbons (Fsp3) is 0.409. The molecule has 0 spiro atoms. The van der Waals surface area contributed by atoms with Gasteiger partial charge in [0.25, 0.3) is 0 Å². The van der Waals surface area contributed by atoms with Crippen LogP contribution >= 0.6 is 12.4 Å². The summed E-state index contributed by atoms with van der Waals surface area (Å²) in [7, 11) is 0. The van der Waals surface area contributed by atoms with E-state index in [9.17, 15) is 9.59 Å². The smallest absolute Gasteiger partial charge is 0.407 e. The summed E-state index contributed by atoms with van der Waals surface area (Å²) in [4.78, 5) is 28.4. The van der Waals surface area contributed by atoms with E-state index in [4.69, 9.17) is 4.74 Å². The van der Waals surface area contributed by atoms with E-state index in [1.54, 1.807) is 24.5 Å². The van der Waals surface area contributed by atoms with Gasteiger partial charge in [-0.15, -0.1) is 12.4 Å². The van der Waals surface area contributed by atoms with Crippen molar-refractivity contribution < 1.29 is 14.3 Å². The predicted molar refractivity (Wildman–Crippen MR) is 115 cm³/mol. The molecule has 1 aliphatic carbocycles. The number of halogens is 1. The third kappa shape index (κ3) is 7.06. The van der Waals surface area contributed by atoms with Crippen molar-refractivity contribution in [1.82, 2.24) is 10.3 Å². The van der Waals surface area contributed by atoms with Crippen molar-refractivity contribution >= 4 is 30.1 Å². The number of pyridine rings is 1. The molecular weight excluding hydrogens is 390 g/mol.